The first kappa shape index (κ1) is 51.3. The van der Waals surface area contributed by atoms with E-state index in [-0.39, 0.29) is 43.2 Å². The minimum absolute atomic E-state index is 0.0436. The van der Waals surface area contributed by atoms with Gasteiger partial charge in [-0.3, -0.25) is 0 Å². The summed E-state index contributed by atoms with van der Waals surface area (Å²) >= 11 is 0. The smallest absolute Gasteiger partial charge is 0.338 e. The molecule has 0 aromatic rings. The minimum atomic E-state index is -1.86. The molecule has 8 heterocycles. The molecule has 0 amide bonds. The van der Waals surface area contributed by atoms with Crippen molar-refractivity contribution in [3.63, 3.8) is 0 Å². The van der Waals surface area contributed by atoms with Gasteiger partial charge in [0, 0.05) is 38.0 Å². The van der Waals surface area contributed by atoms with Crippen molar-refractivity contribution in [2.45, 2.75) is 234 Å². The number of rotatable bonds is 13. The number of aliphatic hydroxyl groups is 5. The highest BCUT2D eigenvalue weighted by Gasteiger charge is 2.55. The number of hydrogen-bond acceptors (Lipinski definition) is 15. The fourth-order valence-corrected chi connectivity index (χ4v) is 12.0. The van der Waals surface area contributed by atoms with Gasteiger partial charge in [-0.1, -0.05) is 51.2 Å². The molecule has 0 saturated carbocycles. The molecular formula is C52H80O15. The van der Waals surface area contributed by atoms with Crippen LogP contribution in [-0.4, -0.2) is 148 Å². The second-order valence-corrected chi connectivity index (χ2v) is 21.8. The Morgan fingerprint density at radius 2 is 1.75 bits per heavy atom. The third-order valence-electron chi connectivity index (χ3n) is 16.0. The van der Waals surface area contributed by atoms with E-state index in [0.717, 1.165) is 50.7 Å². The lowest BCUT2D eigenvalue weighted by molar-refractivity contribution is -0.321. The van der Waals surface area contributed by atoms with Gasteiger partial charge in [-0.2, -0.15) is 0 Å². The first-order valence-corrected chi connectivity index (χ1v) is 25.4. The van der Waals surface area contributed by atoms with E-state index in [0.29, 0.717) is 75.0 Å². The monoisotopic (exact) mass is 945 g/mol. The number of aliphatic hydroxyl groups excluding tert-OH is 4. The summed E-state index contributed by atoms with van der Waals surface area (Å²) in [6.07, 6.45) is 10.6. The molecule has 0 bridgehead atoms. The maximum atomic E-state index is 13.1. The van der Waals surface area contributed by atoms with Crippen molar-refractivity contribution in [2.75, 3.05) is 19.8 Å². The summed E-state index contributed by atoms with van der Waals surface area (Å²) in [7, 11) is 0. The van der Waals surface area contributed by atoms with Crippen molar-refractivity contribution in [3.8, 4) is 0 Å². The number of hydrogen-bond donors (Lipinski definition) is 5. The third-order valence-corrected chi connectivity index (χ3v) is 16.0. The van der Waals surface area contributed by atoms with Crippen LogP contribution >= 0.6 is 0 Å². The Kier molecular flexibility index (Phi) is 16.0. The summed E-state index contributed by atoms with van der Waals surface area (Å²) in [4.78, 5) is 13.1. The summed E-state index contributed by atoms with van der Waals surface area (Å²) in [5.41, 5.74) is 0.253. The molecule has 3 spiro atoms. The molecule has 15 heteroatoms. The van der Waals surface area contributed by atoms with E-state index in [1.54, 1.807) is 13.0 Å². The van der Waals surface area contributed by atoms with E-state index in [4.69, 9.17) is 42.6 Å². The number of esters is 1. The lowest BCUT2D eigenvalue weighted by Crippen LogP contribution is -2.60. The fourth-order valence-electron chi connectivity index (χ4n) is 12.0. The molecule has 0 aliphatic carbocycles. The van der Waals surface area contributed by atoms with E-state index in [1.807, 2.05) is 19.1 Å². The van der Waals surface area contributed by atoms with Gasteiger partial charge in [-0.25, -0.2) is 4.79 Å². The van der Waals surface area contributed by atoms with Gasteiger partial charge in [0.2, 0.25) is 5.79 Å². The van der Waals surface area contributed by atoms with E-state index in [1.165, 1.54) is 6.92 Å². The van der Waals surface area contributed by atoms with Crippen LogP contribution in [0.4, 0.5) is 0 Å². The maximum Gasteiger partial charge on any atom is 0.338 e. The Morgan fingerprint density at radius 1 is 0.970 bits per heavy atom. The number of carbonyl (C=O) groups excluding carboxylic acids is 1. The Hall–Kier alpha value is -2.09. The van der Waals surface area contributed by atoms with Gasteiger partial charge in [-0.05, 0) is 114 Å². The number of fused-ring (bicyclic) bond motifs is 1. The molecule has 378 valence electrons. The third kappa shape index (κ3) is 11.5. The molecule has 7 fully saturated rings. The molecular weight excluding hydrogens is 865 g/mol. The summed E-state index contributed by atoms with van der Waals surface area (Å²) in [6, 6.07) is 0. The topological polar surface area (TPSA) is 201 Å². The van der Waals surface area contributed by atoms with Crippen molar-refractivity contribution in [2.24, 2.45) is 17.8 Å². The van der Waals surface area contributed by atoms with Crippen LogP contribution in [0.15, 0.2) is 47.6 Å². The lowest BCUT2D eigenvalue weighted by atomic mass is 9.79. The highest BCUT2D eigenvalue weighted by atomic mass is 16.7. The standard InChI is InChI=1S/C52H80O15/c1-30-24-41(65-52(27-30)43(55)13-12-37(64-52)28-49(7,58)48(57)60-29-31(2)25-42-38(53)17-23-59-42)32(3)10-11-36-15-20-51(63-36)21-16-40-47(67-51)44(56)35(6)46(62-40)39(54)26-34(5)45-33(4)14-19-50(66-45)18-8-9-22-61-50/h10-11,25,27,32-34,36-47,53-56,58H,6,8-9,12-24,26,28-29H2,1-5,7H3. The predicted octanol–water partition coefficient (Wildman–Crippen LogP) is 5.77. The van der Waals surface area contributed by atoms with Gasteiger partial charge in [0.1, 0.15) is 37.1 Å². The van der Waals surface area contributed by atoms with Crippen LogP contribution < -0.4 is 0 Å². The maximum absolute atomic E-state index is 13.1. The van der Waals surface area contributed by atoms with Crippen molar-refractivity contribution >= 4 is 5.97 Å². The SMILES string of the molecule is C=C1C(O)C2OC3(CCC(C=CC(C)C4CC(C)=CC5(OC(CC(C)(O)C(=O)OCC(C)=CC6OCCC6O)CCC5O)O4)O3)CCC2OC1C(O)CC(C)C1OC2(CCCCO2)CCC1C. The molecule has 67 heavy (non-hydrogen) atoms. The predicted molar refractivity (Wildman–Crippen MR) is 245 cm³/mol. The van der Waals surface area contributed by atoms with Gasteiger partial charge in [-0.15, -0.1) is 0 Å². The van der Waals surface area contributed by atoms with Crippen molar-refractivity contribution < 1.29 is 73.0 Å². The molecule has 0 aromatic carbocycles. The Bertz CT molecular complexity index is 1820. The molecule has 19 unspecified atom stereocenters. The van der Waals surface area contributed by atoms with Crippen molar-refractivity contribution in [3.05, 3.63) is 47.6 Å². The molecule has 7 saturated heterocycles. The molecule has 0 aromatic heterocycles. The molecule has 8 rings (SSSR count). The summed E-state index contributed by atoms with van der Waals surface area (Å²) in [5.74, 6) is -3.35. The largest absolute Gasteiger partial charge is 0.459 e. The van der Waals surface area contributed by atoms with Crippen LogP contribution in [0.2, 0.25) is 0 Å². The molecule has 19 atom stereocenters. The fraction of sp³-hybridized carbons (Fsp3) is 0.827. The Morgan fingerprint density at radius 3 is 2.49 bits per heavy atom. The van der Waals surface area contributed by atoms with Crippen LogP contribution in [0.1, 0.15) is 138 Å². The van der Waals surface area contributed by atoms with Gasteiger partial charge in [0.25, 0.3) is 0 Å². The molecule has 8 aliphatic rings. The van der Waals surface area contributed by atoms with E-state index < -0.39 is 83.9 Å². The van der Waals surface area contributed by atoms with Gasteiger partial charge in [0.15, 0.2) is 17.2 Å². The zero-order chi connectivity index (χ0) is 47.9. The highest BCUT2D eigenvalue weighted by molar-refractivity contribution is 5.78. The Balaban J connectivity index is 0.817. The molecule has 8 aliphatic heterocycles. The molecule has 5 N–H and O–H groups in total. The average Bonchev–Trinajstić information content (AvgIpc) is 3.89. The van der Waals surface area contributed by atoms with Gasteiger partial charge >= 0.3 is 5.97 Å². The van der Waals surface area contributed by atoms with Gasteiger partial charge in [0.05, 0.1) is 55.9 Å². The van der Waals surface area contributed by atoms with Crippen molar-refractivity contribution in [1.82, 2.24) is 0 Å². The van der Waals surface area contributed by atoms with Crippen LogP contribution in [0, 0.1) is 17.8 Å². The normalized spacial score (nSPS) is 44.1. The zero-order valence-electron chi connectivity index (χ0n) is 40.7. The average molecular weight is 945 g/mol. The van der Waals surface area contributed by atoms with Crippen LogP contribution in [0.25, 0.3) is 0 Å². The number of carbonyl (C=O) groups is 1. The van der Waals surface area contributed by atoms with E-state index in [9.17, 15) is 30.3 Å². The van der Waals surface area contributed by atoms with Crippen LogP contribution in [0.5, 0.6) is 0 Å². The Labute approximate surface area is 397 Å². The second kappa shape index (κ2) is 20.9. The van der Waals surface area contributed by atoms with Gasteiger partial charge < -0.3 is 68.2 Å². The van der Waals surface area contributed by atoms with Crippen LogP contribution in [0.3, 0.4) is 0 Å². The minimum Gasteiger partial charge on any atom is -0.459 e. The highest BCUT2D eigenvalue weighted by Crippen LogP contribution is 2.48. The first-order chi connectivity index (χ1) is 31.8. The van der Waals surface area contributed by atoms with E-state index in [2.05, 4.69) is 33.4 Å². The first-order valence-electron chi connectivity index (χ1n) is 25.4. The van der Waals surface area contributed by atoms with Crippen molar-refractivity contribution in [1.29, 1.82) is 0 Å². The summed E-state index contributed by atoms with van der Waals surface area (Å²) in [5, 5.41) is 55.9. The molecule has 15 nitrogen and oxygen atoms in total. The summed E-state index contributed by atoms with van der Waals surface area (Å²) < 4.78 is 56.7. The lowest BCUT2D eigenvalue weighted by Gasteiger charge is -2.50. The summed E-state index contributed by atoms with van der Waals surface area (Å²) in [6.45, 7) is 16.9. The molecule has 0 radical (unpaired) electrons. The zero-order valence-corrected chi connectivity index (χ0v) is 40.7. The second-order valence-electron chi connectivity index (χ2n) is 21.8. The number of ether oxygens (including phenoxy) is 9. The quantitative estimate of drug-likeness (QED) is 0.110. The van der Waals surface area contributed by atoms with Crippen LogP contribution in [-0.2, 0) is 47.4 Å². The van der Waals surface area contributed by atoms with E-state index >= 15 is 0 Å².